The van der Waals surface area contributed by atoms with Gasteiger partial charge in [-0.1, -0.05) is 23.8 Å². The van der Waals surface area contributed by atoms with E-state index in [0.29, 0.717) is 12.1 Å². The van der Waals surface area contributed by atoms with Gasteiger partial charge in [0.05, 0.1) is 0 Å². The first-order valence-corrected chi connectivity index (χ1v) is 7.56. The van der Waals surface area contributed by atoms with E-state index in [0.717, 1.165) is 25.9 Å². The largest absolute Gasteiger partial charge is 0.343 e. The third kappa shape index (κ3) is 3.60. The third-order valence-electron chi connectivity index (χ3n) is 4.33. The summed E-state index contributed by atoms with van der Waals surface area (Å²) in [5, 5.41) is 3.72. The number of hydrogen-bond acceptors (Lipinski definition) is 2. The monoisotopic (exact) mass is 274 g/mol. The van der Waals surface area contributed by atoms with E-state index < -0.39 is 0 Å². The third-order valence-corrected chi connectivity index (χ3v) is 4.33. The highest BCUT2D eigenvalue weighted by Crippen LogP contribution is 2.21. The molecule has 0 aliphatic carbocycles. The second-order valence-electron chi connectivity index (χ2n) is 6.03. The van der Waals surface area contributed by atoms with Crippen molar-refractivity contribution in [2.75, 3.05) is 13.1 Å². The number of amides is 1. The first-order chi connectivity index (χ1) is 9.47. The van der Waals surface area contributed by atoms with Crippen LogP contribution in [0.1, 0.15) is 49.4 Å². The van der Waals surface area contributed by atoms with Crippen molar-refractivity contribution in [2.24, 2.45) is 0 Å². The minimum absolute atomic E-state index is 0.200. The molecular formula is C17H26N2O. The van der Waals surface area contributed by atoms with Crippen molar-refractivity contribution >= 4 is 5.91 Å². The zero-order valence-electron chi connectivity index (χ0n) is 13.1. The maximum atomic E-state index is 11.3. The summed E-state index contributed by atoms with van der Waals surface area (Å²) < 4.78 is 0. The Hall–Kier alpha value is -1.35. The molecule has 2 rings (SSSR count). The van der Waals surface area contributed by atoms with Gasteiger partial charge in [-0.05, 0) is 44.7 Å². The molecule has 1 atom stereocenters. The summed E-state index contributed by atoms with van der Waals surface area (Å²) in [6, 6.07) is 7.51. The van der Waals surface area contributed by atoms with Crippen molar-refractivity contribution in [2.45, 2.75) is 52.6 Å². The predicted molar refractivity (Wildman–Crippen MR) is 82.7 cm³/mol. The van der Waals surface area contributed by atoms with Gasteiger partial charge in [-0.15, -0.1) is 0 Å². The summed E-state index contributed by atoms with van der Waals surface area (Å²) in [7, 11) is 0. The molecule has 1 aromatic rings. The average molecular weight is 274 g/mol. The highest BCUT2D eigenvalue weighted by atomic mass is 16.2. The molecule has 0 spiro atoms. The summed E-state index contributed by atoms with van der Waals surface area (Å²) in [4.78, 5) is 13.3. The Morgan fingerprint density at radius 3 is 2.55 bits per heavy atom. The van der Waals surface area contributed by atoms with E-state index in [4.69, 9.17) is 0 Å². The Kier molecular flexibility index (Phi) is 4.81. The van der Waals surface area contributed by atoms with Crippen molar-refractivity contribution in [1.82, 2.24) is 10.2 Å². The Labute approximate surface area is 122 Å². The van der Waals surface area contributed by atoms with Crippen LogP contribution in [0.5, 0.6) is 0 Å². The number of benzene rings is 1. The number of piperidine rings is 1. The molecule has 1 N–H and O–H groups in total. The number of nitrogens with one attached hydrogen (secondary N) is 1. The van der Waals surface area contributed by atoms with Gasteiger partial charge >= 0.3 is 0 Å². The van der Waals surface area contributed by atoms with E-state index in [-0.39, 0.29) is 5.91 Å². The van der Waals surface area contributed by atoms with Crippen molar-refractivity contribution < 1.29 is 4.79 Å². The molecule has 0 radical (unpaired) electrons. The van der Waals surface area contributed by atoms with Gasteiger partial charge in [-0.25, -0.2) is 0 Å². The van der Waals surface area contributed by atoms with Gasteiger partial charge in [0, 0.05) is 32.1 Å². The van der Waals surface area contributed by atoms with Crippen LogP contribution in [0.15, 0.2) is 18.2 Å². The quantitative estimate of drug-likeness (QED) is 0.919. The summed E-state index contributed by atoms with van der Waals surface area (Å²) in [5.74, 6) is 0.200. The van der Waals surface area contributed by atoms with Crippen LogP contribution in [-0.4, -0.2) is 29.9 Å². The van der Waals surface area contributed by atoms with E-state index in [1.807, 2.05) is 4.90 Å². The maximum Gasteiger partial charge on any atom is 0.219 e. The minimum Gasteiger partial charge on any atom is -0.343 e. The maximum absolute atomic E-state index is 11.3. The summed E-state index contributed by atoms with van der Waals surface area (Å²) in [5.41, 5.74) is 4.04. The van der Waals surface area contributed by atoms with Crippen LogP contribution in [0, 0.1) is 13.8 Å². The lowest BCUT2D eigenvalue weighted by Crippen LogP contribution is -2.44. The fraction of sp³-hybridized carbons (Fsp3) is 0.588. The molecule has 1 aliphatic rings. The molecular weight excluding hydrogens is 248 g/mol. The topological polar surface area (TPSA) is 32.3 Å². The van der Waals surface area contributed by atoms with Crippen LogP contribution >= 0.6 is 0 Å². The Bertz CT molecular complexity index is 476. The number of aryl methyl sites for hydroxylation is 2. The lowest BCUT2D eigenvalue weighted by Gasteiger charge is -2.33. The fourth-order valence-electron chi connectivity index (χ4n) is 3.03. The lowest BCUT2D eigenvalue weighted by atomic mass is 9.97. The van der Waals surface area contributed by atoms with Crippen LogP contribution in [0.3, 0.4) is 0 Å². The van der Waals surface area contributed by atoms with E-state index in [1.165, 1.54) is 16.7 Å². The van der Waals surface area contributed by atoms with Crippen molar-refractivity contribution in [3.05, 3.63) is 34.9 Å². The van der Waals surface area contributed by atoms with Gasteiger partial charge in [0.15, 0.2) is 0 Å². The van der Waals surface area contributed by atoms with Crippen molar-refractivity contribution in [1.29, 1.82) is 0 Å². The molecule has 1 heterocycles. The molecule has 110 valence electrons. The van der Waals surface area contributed by atoms with Crippen LogP contribution in [0.25, 0.3) is 0 Å². The second kappa shape index (κ2) is 6.40. The Balaban J connectivity index is 1.94. The van der Waals surface area contributed by atoms with Crippen LogP contribution < -0.4 is 5.32 Å². The van der Waals surface area contributed by atoms with E-state index >= 15 is 0 Å². The smallest absolute Gasteiger partial charge is 0.219 e. The number of carbonyl (C=O) groups excluding carboxylic acids is 1. The fourth-order valence-corrected chi connectivity index (χ4v) is 3.03. The highest BCUT2D eigenvalue weighted by Gasteiger charge is 2.22. The standard InChI is InChI=1S/C17H26N2O/c1-12-5-6-13(2)17(11-12)14(3)18-16-7-9-19(10-8-16)15(4)20/h5-6,11,14,16,18H,7-10H2,1-4H3. The second-order valence-corrected chi connectivity index (χ2v) is 6.03. The number of nitrogens with zero attached hydrogens (tertiary/aromatic N) is 1. The zero-order chi connectivity index (χ0) is 14.7. The number of carbonyl (C=O) groups is 1. The van der Waals surface area contributed by atoms with Gasteiger partial charge < -0.3 is 10.2 Å². The van der Waals surface area contributed by atoms with Crippen molar-refractivity contribution in [3.63, 3.8) is 0 Å². The van der Waals surface area contributed by atoms with Gasteiger partial charge in [-0.2, -0.15) is 0 Å². The number of rotatable bonds is 3. The van der Waals surface area contributed by atoms with Crippen LogP contribution in [-0.2, 0) is 4.79 Å². The zero-order valence-corrected chi connectivity index (χ0v) is 13.1. The summed E-state index contributed by atoms with van der Waals surface area (Å²) >= 11 is 0. The number of hydrogen-bond donors (Lipinski definition) is 1. The van der Waals surface area contributed by atoms with E-state index in [2.05, 4.69) is 44.3 Å². The lowest BCUT2D eigenvalue weighted by molar-refractivity contribution is -0.129. The van der Waals surface area contributed by atoms with Crippen molar-refractivity contribution in [3.8, 4) is 0 Å². The van der Waals surface area contributed by atoms with E-state index in [1.54, 1.807) is 6.92 Å². The van der Waals surface area contributed by atoms with Gasteiger partial charge in [-0.3, -0.25) is 4.79 Å². The molecule has 0 aromatic heterocycles. The molecule has 20 heavy (non-hydrogen) atoms. The average Bonchev–Trinajstić information content (AvgIpc) is 2.42. The first-order valence-electron chi connectivity index (χ1n) is 7.56. The molecule has 3 heteroatoms. The summed E-state index contributed by atoms with van der Waals surface area (Å²) in [6.45, 7) is 9.97. The molecule has 3 nitrogen and oxygen atoms in total. The highest BCUT2D eigenvalue weighted by molar-refractivity contribution is 5.73. The molecule has 1 unspecified atom stereocenters. The van der Waals surface area contributed by atoms with Crippen LogP contribution in [0.4, 0.5) is 0 Å². The molecule has 1 amide bonds. The van der Waals surface area contributed by atoms with Gasteiger partial charge in [0.25, 0.3) is 0 Å². The van der Waals surface area contributed by atoms with E-state index in [9.17, 15) is 4.79 Å². The SMILES string of the molecule is CC(=O)N1CCC(NC(C)c2cc(C)ccc2C)CC1. The molecule has 1 aromatic carbocycles. The minimum atomic E-state index is 0.200. The van der Waals surface area contributed by atoms with Gasteiger partial charge in [0.1, 0.15) is 0 Å². The van der Waals surface area contributed by atoms with Gasteiger partial charge in [0.2, 0.25) is 5.91 Å². The normalized spacial score (nSPS) is 18.1. The predicted octanol–water partition coefficient (Wildman–Crippen LogP) is 2.96. The number of likely N-dealkylation sites (tertiary alicyclic amines) is 1. The first kappa shape index (κ1) is 15.0. The Morgan fingerprint density at radius 2 is 1.95 bits per heavy atom. The van der Waals surface area contributed by atoms with Crippen LogP contribution in [0.2, 0.25) is 0 Å². The molecule has 1 fully saturated rings. The molecule has 1 aliphatic heterocycles. The molecule has 1 saturated heterocycles. The Morgan fingerprint density at radius 1 is 1.30 bits per heavy atom. The molecule has 0 saturated carbocycles. The summed E-state index contributed by atoms with van der Waals surface area (Å²) in [6.07, 6.45) is 2.10. The molecule has 0 bridgehead atoms.